The number of hydrogen-bond acceptors (Lipinski definition) is 3. The molecule has 0 aliphatic heterocycles. The first kappa shape index (κ1) is 15.9. The predicted molar refractivity (Wildman–Crippen MR) is 66.9 cm³/mol. The van der Waals surface area contributed by atoms with Gasteiger partial charge in [0.05, 0.1) is 6.42 Å². The Morgan fingerprint density at radius 1 is 1.18 bits per heavy atom. The number of nitrogens with zero attached hydrogens (tertiary/aromatic N) is 1. The molecular formula is C12H24N2O3. The fourth-order valence-corrected chi connectivity index (χ4v) is 1.57. The molecule has 0 rings (SSSR count). The molecule has 100 valence electrons. The molecule has 0 bridgehead atoms. The van der Waals surface area contributed by atoms with Gasteiger partial charge in [0.1, 0.15) is 0 Å². The Labute approximate surface area is 103 Å². The van der Waals surface area contributed by atoms with Crippen molar-refractivity contribution in [3.8, 4) is 0 Å². The number of amides is 1. The fourth-order valence-electron chi connectivity index (χ4n) is 1.57. The van der Waals surface area contributed by atoms with Gasteiger partial charge in [-0.25, -0.2) is 0 Å². The van der Waals surface area contributed by atoms with Crippen molar-refractivity contribution in [3.63, 3.8) is 0 Å². The number of carbonyl (C=O) groups excluding carboxylic acids is 1. The summed E-state index contributed by atoms with van der Waals surface area (Å²) in [6.45, 7) is 7.41. The van der Waals surface area contributed by atoms with E-state index < -0.39 is 5.97 Å². The van der Waals surface area contributed by atoms with E-state index in [0.717, 1.165) is 13.0 Å². The van der Waals surface area contributed by atoms with Crippen molar-refractivity contribution in [2.45, 2.75) is 45.6 Å². The van der Waals surface area contributed by atoms with Crippen LogP contribution in [0.2, 0.25) is 0 Å². The van der Waals surface area contributed by atoms with Crippen LogP contribution in [-0.2, 0) is 9.59 Å². The third-order valence-electron chi connectivity index (χ3n) is 2.65. The zero-order valence-electron chi connectivity index (χ0n) is 11.2. The Hall–Kier alpha value is -1.10. The second-order valence-electron chi connectivity index (χ2n) is 5.08. The smallest absolute Gasteiger partial charge is 0.304 e. The van der Waals surface area contributed by atoms with Crippen molar-refractivity contribution >= 4 is 11.9 Å². The average Bonchev–Trinajstić information content (AvgIpc) is 2.20. The second kappa shape index (κ2) is 7.27. The Balaban J connectivity index is 4.12. The SMILES string of the molecule is CNC(=O)CCCN(CCC(=O)O)C(C)(C)C. The molecule has 0 atom stereocenters. The summed E-state index contributed by atoms with van der Waals surface area (Å²) in [5.41, 5.74) is -0.0713. The van der Waals surface area contributed by atoms with Gasteiger partial charge in [-0.1, -0.05) is 0 Å². The highest BCUT2D eigenvalue weighted by Crippen LogP contribution is 2.14. The van der Waals surface area contributed by atoms with E-state index in [1.54, 1.807) is 7.05 Å². The molecule has 2 N–H and O–H groups in total. The molecule has 0 aliphatic carbocycles. The van der Waals surface area contributed by atoms with Gasteiger partial charge in [0.15, 0.2) is 0 Å². The molecule has 0 aromatic heterocycles. The van der Waals surface area contributed by atoms with Crippen LogP contribution in [0, 0.1) is 0 Å². The van der Waals surface area contributed by atoms with Gasteiger partial charge in [-0.2, -0.15) is 0 Å². The minimum atomic E-state index is -0.787. The summed E-state index contributed by atoms with van der Waals surface area (Å²) in [5, 5.41) is 11.3. The molecular weight excluding hydrogens is 220 g/mol. The first-order chi connectivity index (χ1) is 7.77. The predicted octanol–water partition coefficient (Wildman–Crippen LogP) is 1.09. The van der Waals surface area contributed by atoms with Crippen LogP contribution in [0.5, 0.6) is 0 Å². The van der Waals surface area contributed by atoms with Crippen LogP contribution in [0.3, 0.4) is 0 Å². The van der Waals surface area contributed by atoms with E-state index in [2.05, 4.69) is 31.0 Å². The average molecular weight is 244 g/mol. The first-order valence-corrected chi connectivity index (χ1v) is 5.95. The van der Waals surface area contributed by atoms with E-state index in [4.69, 9.17) is 5.11 Å². The second-order valence-corrected chi connectivity index (χ2v) is 5.08. The van der Waals surface area contributed by atoms with Gasteiger partial charge in [-0.15, -0.1) is 0 Å². The van der Waals surface area contributed by atoms with Gasteiger partial charge >= 0.3 is 5.97 Å². The number of aliphatic carboxylic acids is 1. The molecule has 5 heteroatoms. The number of carboxylic acids is 1. The summed E-state index contributed by atoms with van der Waals surface area (Å²) in [6, 6.07) is 0. The van der Waals surface area contributed by atoms with Gasteiger partial charge in [0.2, 0.25) is 5.91 Å². The van der Waals surface area contributed by atoms with Crippen molar-refractivity contribution in [1.82, 2.24) is 10.2 Å². The molecule has 0 aromatic rings. The summed E-state index contributed by atoms with van der Waals surface area (Å²) >= 11 is 0. The largest absolute Gasteiger partial charge is 0.481 e. The third kappa shape index (κ3) is 7.74. The topological polar surface area (TPSA) is 69.6 Å². The first-order valence-electron chi connectivity index (χ1n) is 5.95. The molecule has 0 saturated heterocycles. The normalized spacial score (nSPS) is 11.6. The highest BCUT2D eigenvalue weighted by Gasteiger charge is 2.21. The number of rotatable bonds is 7. The summed E-state index contributed by atoms with van der Waals surface area (Å²) in [5.74, 6) is -0.761. The van der Waals surface area contributed by atoms with Crippen LogP contribution in [0.1, 0.15) is 40.0 Å². The number of carboxylic acid groups (broad SMARTS) is 1. The van der Waals surface area contributed by atoms with E-state index in [-0.39, 0.29) is 17.9 Å². The monoisotopic (exact) mass is 244 g/mol. The summed E-state index contributed by atoms with van der Waals surface area (Å²) in [6.07, 6.45) is 1.37. The van der Waals surface area contributed by atoms with Crippen LogP contribution in [0.4, 0.5) is 0 Å². The molecule has 0 unspecified atom stereocenters. The maximum atomic E-state index is 11.1. The Kier molecular flexibility index (Phi) is 6.80. The molecule has 0 fully saturated rings. The minimum absolute atomic E-state index is 0.0251. The zero-order valence-corrected chi connectivity index (χ0v) is 11.2. The van der Waals surface area contributed by atoms with Crippen LogP contribution < -0.4 is 5.32 Å². The molecule has 5 nitrogen and oxygen atoms in total. The van der Waals surface area contributed by atoms with E-state index in [1.807, 2.05) is 0 Å². The maximum absolute atomic E-state index is 11.1. The molecule has 0 heterocycles. The van der Waals surface area contributed by atoms with Crippen molar-refractivity contribution in [1.29, 1.82) is 0 Å². The highest BCUT2D eigenvalue weighted by atomic mass is 16.4. The summed E-state index contributed by atoms with van der Waals surface area (Å²) in [7, 11) is 1.62. The zero-order chi connectivity index (χ0) is 13.5. The number of nitrogens with one attached hydrogen (secondary N) is 1. The lowest BCUT2D eigenvalue weighted by Crippen LogP contribution is -2.43. The van der Waals surface area contributed by atoms with Gasteiger partial charge in [-0.05, 0) is 33.7 Å². The van der Waals surface area contributed by atoms with Gasteiger partial charge in [0.25, 0.3) is 0 Å². The molecule has 17 heavy (non-hydrogen) atoms. The summed E-state index contributed by atoms with van der Waals surface area (Å²) in [4.78, 5) is 23.8. The number of carbonyl (C=O) groups is 2. The van der Waals surface area contributed by atoms with E-state index in [0.29, 0.717) is 13.0 Å². The molecule has 0 saturated carbocycles. The Bertz CT molecular complexity index is 259. The molecule has 1 amide bonds. The summed E-state index contributed by atoms with van der Waals surface area (Å²) < 4.78 is 0. The van der Waals surface area contributed by atoms with Crippen molar-refractivity contribution in [2.24, 2.45) is 0 Å². The number of hydrogen-bond donors (Lipinski definition) is 2. The van der Waals surface area contributed by atoms with E-state index in [9.17, 15) is 9.59 Å². The van der Waals surface area contributed by atoms with Crippen molar-refractivity contribution < 1.29 is 14.7 Å². The maximum Gasteiger partial charge on any atom is 0.304 e. The third-order valence-corrected chi connectivity index (χ3v) is 2.65. The standard InChI is InChI=1S/C12H24N2O3/c1-12(2,3)14(9-7-11(16)17)8-5-6-10(15)13-4/h5-9H2,1-4H3,(H,13,15)(H,16,17). The van der Waals surface area contributed by atoms with E-state index >= 15 is 0 Å². The lowest BCUT2D eigenvalue weighted by atomic mass is 10.0. The van der Waals surface area contributed by atoms with Gasteiger partial charge < -0.3 is 10.4 Å². The fraction of sp³-hybridized carbons (Fsp3) is 0.833. The lowest BCUT2D eigenvalue weighted by Gasteiger charge is -2.35. The molecule has 0 radical (unpaired) electrons. The molecule has 0 aromatic carbocycles. The lowest BCUT2D eigenvalue weighted by molar-refractivity contribution is -0.137. The molecule has 0 spiro atoms. The van der Waals surface area contributed by atoms with Crippen LogP contribution in [0.25, 0.3) is 0 Å². The van der Waals surface area contributed by atoms with Crippen molar-refractivity contribution in [3.05, 3.63) is 0 Å². The van der Waals surface area contributed by atoms with Crippen LogP contribution in [0.15, 0.2) is 0 Å². The quantitative estimate of drug-likeness (QED) is 0.703. The minimum Gasteiger partial charge on any atom is -0.481 e. The Morgan fingerprint density at radius 3 is 2.18 bits per heavy atom. The van der Waals surface area contributed by atoms with Crippen molar-refractivity contribution in [2.75, 3.05) is 20.1 Å². The van der Waals surface area contributed by atoms with Crippen LogP contribution in [-0.4, -0.2) is 47.6 Å². The van der Waals surface area contributed by atoms with Gasteiger partial charge in [-0.3, -0.25) is 14.5 Å². The van der Waals surface area contributed by atoms with Crippen LogP contribution >= 0.6 is 0 Å². The van der Waals surface area contributed by atoms with E-state index in [1.165, 1.54) is 0 Å². The molecule has 0 aliphatic rings. The van der Waals surface area contributed by atoms with Gasteiger partial charge in [0, 0.05) is 25.6 Å². The Morgan fingerprint density at radius 2 is 1.76 bits per heavy atom. The highest BCUT2D eigenvalue weighted by molar-refractivity contribution is 5.75.